The van der Waals surface area contributed by atoms with Gasteiger partial charge in [-0.25, -0.2) is 9.67 Å². The fourth-order valence-corrected chi connectivity index (χ4v) is 1.41. The number of aromatic nitrogens is 3. The number of hydrogen-bond acceptors (Lipinski definition) is 3. The Labute approximate surface area is 92.4 Å². The zero-order valence-corrected chi connectivity index (χ0v) is 8.58. The third-order valence-electron chi connectivity index (χ3n) is 2.25. The van der Waals surface area contributed by atoms with Crippen LogP contribution in [0.15, 0.2) is 36.9 Å². The zero-order chi connectivity index (χ0) is 11.4. The van der Waals surface area contributed by atoms with Crippen LogP contribution >= 0.6 is 0 Å². The van der Waals surface area contributed by atoms with E-state index in [2.05, 4.69) is 10.1 Å². The zero-order valence-electron chi connectivity index (χ0n) is 8.58. The Kier molecular flexibility index (Phi) is 2.95. The van der Waals surface area contributed by atoms with E-state index < -0.39 is 5.97 Å². The van der Waals surface area contributed by atoms with E-state index in [4.69, 9.17) is 5.11 Å². The fraction of sp³-hybridized carbons (Fsp3) is 0.182. The van der Waals surface area contributed by atoms with Gasteiger partial charge >= 0.3 is 5.97 Å². The van der Waals surface area contributed by atoms with E-state index in [1.807, 2.05) is 24.3 Å². The molecule has 5 heteroatoms. The molecule has 1 N–H and O–H groups in total. The first-order chi connectivity index (χ1) is 7.75. The molecule has 1 heterocycles. The molecule has 0 radical (unpaired) electrons. The van der Waals surface area contributed by atoms with Gasteiger partial charge in [0.1, 0.15) is 12.7 Å². The summed E-state index contributed by atoms with van der Waals surface area (Å²) in [6.07, 6.45) is 3.79. The lowest BCUT2D eigenvalue weighted by molar-refractivity contribution is -0.136. The molecule has 16 heavy (non-hydrogen) atoms. The Morgan fingerprint density at radius 2 is 2.06 bits per heavy atom. The Bertz CT molecular complexity index is 462. The van der Waals surface area contributed by atoms with E-state index in [1.54, 1.807) is 11.0 Å². The summed E-state index contributed by atoms with van der Waals surface area (Å²) >= 11 is 0. The number of aryl methyl sites for hydroxylation is 1. The van der Waals surface area contributed by atoms with Crippen molar-refractivity contribution < 1.29 is 9.90 Å². The van der Waals surface area contributed by atoms with Crippen LogP contribution in [0.4, 0.5) is 0 Å². The maximum atomic E-state index is 10.4. The first-order valence-electron chi connectivity index (χ1n) is 4.91. The summed E-state index contributed by atoms with van der Waals surface area (Å²) in [5.74, 6) is -0.777. The number of hydrogen-bond donors (Lipinski definition) is 1. The van der Waals surface area contributed by atoms with Gasteiger partial charge in [0.05, 0.1) is 5.69 Å². The van der Waals surface area contributed by atoms with Gasteiger partial charge in [-0.15, -0.1) is 0 Å². The van der Waals surface area contributed by atoms with Gasteiger partial charge in [-0.3, -0.25) is 4.79 Å². The maximum absolute atomic E-state index is 10.4. The number of carbonyl (C=O) groups is 1. The van der Waals surface area contributed by atoms with Crippen LogP contribution in [0.3, 0.4) is 0 Å². The molecule has 0 saturated heterocycles. The number of aliphatic carboxylic acids is 1. The first-order valence-corrected chi connectivity index (χ1v) is 4.91. The molecule has 82 valence electrons. The topological polar surface area (TPSA) is 68.0 Å². The van der Waals surface area contributed by atoms with Crippen LogP contribution in [0.5, 0.6) is 0 Å². The van der Waals surface area contributed by atoms with E-state index in [9.17, 15) is 4.79 Å². The first kappa shape index (κ1) is 10.4. The largest absolute Gasteiger partial charge is 0.481 e. The highest BCUT2D eigenvalue weighted by atomic mass is 16.4. The number of rotatable bonds is 4. The van der Waals surface area contributed by atoms with E-state index in [1.165, 1.54) is 6.33 Å². The standard InChI is InChI=1S/C11H11N3O2/c15-11(16)6-3-9-1-4-10(5-2-9)14-8-12-7-13-14/h1-2,4-5,7-8H,3,6H2,(H,15,16). The Hall–Kier alpha value is -2.17. The molecule has 2 aromatic rings. The molecule has 0 aliphatic rings. The number of carboxylic acids is 1. The molecule has 0 aliphatic heterocycles. The highest BCUT2D eigenvalue weighted by Crippen LogP contribution is 2.09. The molecule has 5 nitrogen and oxygen atoms in total. The van der Waals surface area contributed by atoms with Crippen molar-refractivity contribution >= 4 is 5.97 Å². The van der Waals surface area contributed by atoms with Gasteiger partial charge in [-0.2, -0.15) is 5.10 Å². The lowest BCUT2D eigenvalue weighted by atomic mass is 10.1. The molecule has 1 aromatic carbocycles. The van der Waals surface area contributed by atoms with Crippen molar-refractivity contribution in [2.75, 3.05) is 0 Å². The quantitative estimate of drug-likeness (QED) is 0.837. The van der Waals surface area contributed by atoms with E-state index in [0.717, 1.165) is 11.3 Å². The molecular weight excluding hydrogens is 206 g/mol. The third kappa shape index (κ3) is 2.44. The van der Waals surface area contributed by atoms with Crippen molar-refractivity contribution in [3.63, 3.8) is 0 Å². The molecule has 0 spiro atoms. The molecular formula is C11H11N3O2. The van der Waals surface area contributed by atoms with Crippen LogP contribution in [-0.4, -0.2) is 25.8 Å². The molecule has 0 fully saturated rings. The second kappa shape index (κ2) is 4.57. The van der Waals surface area contributed by atoms with Crippen LogP contribution in [0.2, 0.25) is 0 Å². The average molecular weight is 217 g/mol. The molecule has 0 unspecified atom stereocenters. The predicted molar refractivity (Wildman–Crippen MR) is 57.3 cm³/mol. The lowest BCUT2D eigenvalue weighted by Crippen LogP contribution is -1.98. The normalized spacial score (nSPS) is 10.2. The van der Waals surface area contributed by atoms with Crippen LogP contribution in [0, 0.1) is 0 Å². The molecule has 2 rings (SSSR count). The van der Waals surface area contributed by atoms with Crippen molar-refractivity contribution in [1.82, 2.24) is 14.8 Å². The van der Waals surface area contributed by atoms with Crippen LogP contribution in [-0.2, 0) is 11.2 Å². The number of nitrogens with zero attached hydrogens (tertiary/aromatic N) is 3. The molecule has 0 atom stereocenters. The average Bonchev–Trinajstić information content (AvgIpc) is 2.80. The van der Waals surface area contributed by atoms with Crippen molar-refractivity contribution in [2.45, 2.75) is 12.8 Å². The summed E-state index contributed by atoms with van der Waals surface area (Å²) < 4.78 is 1.65. The van der Waals surface area contributed by atoms with E-state index in [0.29, 0.717) is 6.42 Å². The lowest BCUT2D eigenvalue weighted by Gasteiger charge is -2.02. The van der Waals surface area contributed by atoms with Crippen LogP contribution in [0.1, 0.15) is 12.0 Å². The van der Waals surface area contributed by atoms with E-state index in [-0.39, 0.29) is 6.42 Å². The fourth-order valence-electron chi connectivity index (χ4n) is 1.41. The van der Waals surface area contributed by atoms with Crippen molar-refractivity contribution in [1.29, 1.82) is 0 Å². The van der Waals surface area contributed by atoms with Gasteiger partial charge < -0.3 is 5.11 Å². The van der Waals surface area contributed by atoms with Gasteiger partial charge in [0, 0.05) is 6.42 Å². The molecule has 0 bridgehead atoms. The van der Waals surface area contributed by atoms with Crippen molar-refractivity contribution in [3.8, 4) is 5.69 Å². The predicted octanol–water partition coefficient (Wildman–Crippen LogP) is 1.28. The minimum absolute atomic E-state index is 0.155. The molecule has 1 aromatic heterocycles. The summed E-state index contributed by atoms with van der Waals surface area (Å²) in [6, 6.07) is 7.59. The SMILES string of the molecule is O=C(O)CCc1ccc(-n2cncn2)cc1. The smallest absolute Gasteiger partial charge is 0.303 e. The summed E-state index contributed by atoms with van der Waals surface area (Å²) in [7, 11) is 0. The van der Waals surface area contributed by atoms with Gasteiger partial charge in [-0.1, -0.05) is 12.1 Å². The monoisotopic (exact) mass is 217 g/mol. The highest BCUT2D eigenvalue weighted by Gasteiger charge is 2.00. The van der Waals surface area contributed by atoms with E-state index >= 15 is 0 Å². The third-order valence-corrected chi connectivity index (χ3v) is 2.25. The van der Waals surface area contributed by atoms with Gasteiger partial charge in [0.15, 0.2) is 0 Å². The van der Waals surface area contributed by atoms with Crippen molar-refractivity contribution in [3.05, 3.63) is 42.5 Å². The summed E-state index contributed by atoms with van der Waals surface area (Å²) in [6.45, 7) is 0. The minimum Gasteiger partial charge on any atom is -0.481 e. The minimum atomic E-state index is -0.777. The number of carboxylic acid groups (broad SMARTS) is 1. The molecule has 0 saturated carbocycles. The Morgan fingerprint density at radius 3 is 2.62 bits per heavy atom. The molecule has 0 aliphatic carbocycles. The van der Waals surface area contributed by atoms with Crippen molar-refractivity contribution in [2.24, 2.45) is 0 Å². The molecule has 0 amide bonds. The summed E-state index contributed by atoms with van der Waals surface area (Å²) in [4.78, 5) is 14.3. The van der Waals surface area contributed by atoms with Gasteiger partial charge in [-0.05, 0) is 24.1 Å². The van der Waals surface area contributed by atoms with Gasteiger partial charge in [0.25, 0.3) is 0 Å². The highest BCUT2D eigenvalue weighted by molar-refractivity contribution is 5.67. The summed E-state index contributed by atoms with van der Waals surface area (Å²) in [5.41, 5.74) is 1.92. The van der Waals surface area contributed by atoms with Crippen LogP contribution in [0.25, 0.3) is 5.69 Å². The second-order valence-electron chi connectivity index (χ2n) is 3.40. The summed E-state index contributed by atoms with van der Waals surface area (Å²) in [5, 5.41) is 12.6. The van der Waals surface area contributed by atoms with Gasteiger partial charge in [0.2, 0.25) is 0 Å². The Balaban J connectivity index is 2.08. The maximum Gasteiger partial charge on any atom is 0.303 e. The second-order valence-corrected chi connectivity index (χ2v) is 3.40. The van der Waals surface area contributed by atoms with Crippen LogP contribution < -0.4 is 0 Å². The number of benzene rings is 1. The Morgan fingerprint density at radius 1 is 1.31 bits per heavy atom.